The quantitative estimate of drug-likeness (QED) is 0.431. The maximum absolute atomic E-state index is 5.23. The minimum atomic E-state index is -0.305. The zero-order valence-electron chi connectivity index (χ0n) is 6.89. The van der Waals surface area contributed by atoms with Gasteiger partial charge in [0.15, 0.2) is 0 Å². The Labute approximate surface area is 69.9 Å². The molecule has 0 aliphatic heterocycles. The molecule has 55 valence electrons. The van der Waals surface area contributed by atoms with Crippen LogP contribution in [0.5, 0.6) is 0 Å². The zero-order chi connectivity index (χ0) is 8.27. The third-order valence-electron chi connectivity index (χ3n) is 1.63. The number of hydrogen-bond donors (Lipinski definition) is 0. The summed E-state index contributed by atoms with van der Waals surface area (Å²) in [6.07, 6.45) is 5.23. The van der Waals surface area contributed by atoms with Crippen LogP contribution in [0.3, 0.4) is 0 Å². The van der Waals surface area contributed by atoms with Crippen LogP contribution in [0.15, 0.2) is 24.3 Å². The number of rotatable bonds is 1. The second kappa shape index (κ2) is 3.41. The molecule has 0 N–H and O–H groups in total. The fraction of sp³-hybridized carbons (Fsp3) is 0.200. The molecule has 0 atom stereocenters. The van der Waals surface area contributed by atoms with E-state index in [9.17, 15) is 0 Å². The van der Waals surface area contributed by atoms with Crippen molar-refractivity contribution in [3.63, 3.8) is 0 Å². The molecule has 1 rings (SSSR count). The molecule has 11 heavy (non-hydrogen) atoms. The van der Waals surface area contributed by atoms with Gasteiger partial charge < -0.3 is 0 Å². The van der Waals surface area contributed by atoms with Crippen molar-refractivity contribution < 1.29 is 0 Å². The molecular formula is C10H11Si. The maximum Gasteiger partial charge on any atom is 0.0791 e. The first-order valence-electron chi connectivity index (χ1n) is 3.61. The van der Waals surface area contributed by atoms with E-state index in [0.29, 0.717) is 0 Å². The highest BCUT2D eigenvalue weighted by Gasteiger charge is 1.98. The average Bonchev–Trinajstić information content (AvgIpc) is 2.05. The molecule has 1 heteroatoms. The van der Waals surface area contributed by atoms with Gasteiger partial charge in [0.25, 0.3) is 0 Å². The van der Waals surface area contributed by atoms with Gasteiger partial charge in [0, 0.05) is 5.56 Å². The molecule has 1 radical (unpaired) electrons. The third kappa shape index (κ3) is 1.96. The Bertz CT molecular complexity index is 264. The monoisotopic (exact) mass is 159 g/mol. The standard InChI is InChI=1S/C10H11Si/c1-4-9-5-7-10(8-6-9)11(2)3/h1,5-8H,2-3H3. The highest BCUT2D eigenvalue weighted by Crippen LogP contribution is 1.94. The summed E-state index contributed by atoms with van der Waals surface area (Å²) in [7, 11) is -0.305. The zero-order valence-corrected chi connectivity index (χ0v) is 7.89. The van der Waals surface area contributed by atoms with Gasteiger partial charge in [-0.05, 0) is 12.1 Å². The summed E-state index contributed by atoms with van der Waals surface area (Å²) in [6.45, 7) is 4.55. The van der Waals surface area contributed by atoms with Crippen molar-refractivity contribution in [2.75, 3.05) is 0 Å². The van der Waals surface area contributed by atoms with Crippen LogP contribution >= 0.6 is 0 Å². The van der Waals surface area contributed by atoms with Crippen LogP contribution in [-0.4, -0.2) is 8.80 Å². The lowest BCUT2D eigenvalue weighted by Crippen LogP contribution is -2.21. The van der Waals surface area contributed by atoms with Gasteiger partial charge in [-0.1, -0.05) is 36.3 Å². The molecule has 0 unspecified atom stereocenters. The van der Waals surface area contributed by atoms with Crippen molar-refractivity contribution in [1.29, 1.82) is 0 Å². The highest BCUT2D eigenvalue weighted by molar-refractivity contribution is 6.70. The molecular weight excluding hydrogens is 148 g/mol. The maximum atomic E-state index is 5.23. The number of terminal acetylenes is 1. The first-order valence-corrected chi connectivity index (χ1v) is 6.11. The second-order valence-electron chi connectivity index (χ2n) is 2.72. The van der Waals surface area contributed by atoms with Crippen LogP contribution in [0.25, 0.3) is 0 Å². The molecule has 1 aromatic rings. The topological polar surface area (TPSA) is 0 Å². The van der Waals surface area contributed by atoms with Gasteiger partial charge in [-0.2, -0.15) is 0 Å². The minimum absolute atomic E-state index is 0.305. The smallest absolute Gasteiger partial charge is 0.0791 e. The molecule has 0 saturated carbocycles. The van der Waals surface area contributed by atoms with E-state index in [1.165, 1.54) is 5.19 Å². The largest absolute Gasteiger partial charge is 0.115 e. The van der Waals surface area contributed by atoms with E-state index in [-0.39, 0.29) is 8.80 Å². The van der Waals surface area contributed by atoms with Crippen LogP contribution in [0.4, 0.5) is 0 Å². The van der Waals surface area contributed by atoms with Crippen molar-refractivity contribution in [1.82, 2.24) is 0 Å². The van der Waals surface area contributed by atoms with Crippen LogP contribution in [0.2, 0.25) is 13.1 Å². The Morgan fingerprint density at radius 3 is 2.09 bits per heavy atom. The van der Waals surface area contributed by atoms with E-state index >= 15 is 0 Å². The van der Waals surface area contributed by atoms with Gasteiger partial charge in [0.1, 0.15) is 0 Å². The molecule has 0 bridgehead atoms. The second-order valence-corrected chi connectivity index (χ2v) is 5.30. The first kappa shape index (κ1) is 8.10. The lowest BCUT2D eigenvalue weighted by molar-refractivity contribution is 1.68. The average molecular weight is 159 g/mol. The Hall–Kier alpha value is -1.00. The third-order valence-corrected chi connectivity index (χ3v) is 3.12. The van der Waals surface area contributed by atoms with Crippen LogP contribution in [-0.2, 0) is 0 Å². The van der Waals surface area contributed by atoms with Gasteiger partial charge in [0.05, 0.1) is 8.80 Å². The van der Waals surface area contributed by atoms with E-state index < -0.39 is 0 Å². The van der Waals surface area contributed by atoms with Crippen molar-refractivity contribution >= 4 is 14.0 Å². The lowest BCUT2D eigenvalue weighted by Gasteiger charge is -2.01. The fourth-order valence-electron chi connectivity index (χ4n) is 0.900. The van der Waals surface area contributed by atoms with Crippen LogP contribution in [0.1, 0.15) is 5.56 Å². The highest BCUT2D eigenvalue weighted by atomic mass is 28.3. The number of hydrogen-bond acceptors (Lipinski definition) is 0. The van der Waals surface area contributed by atoms with Gasteiger partial charge in [0.2, 0.25) is 0 Å². The van der Waals surface area contributed by atoms with Gasteiger partial charge in [-0.3, -0.25) is 0 Å². The van der Waals surface area contributed by atoms with E-state index in [0.717, 1.165) is 5.56 Å². The molecule has 0 spiro atoms. The Morgan fingerprint density at radius 2 is 1.73 bits per heavy atom. The lowest BCUT2D eigenvalue weighted by atomic mass is 10.2. The molecule has 0 nitrogen and oxygen atoms in total. The summed E-state index contributed by atoms with van der Waals surface area (Å²) < 4.78 is 0. The Balaban J connectivity index is 2.94. The molecule has 0 saturated heterocycles. The summed E-state index contributed by atoms with van der Waals surface area (Å²) in [6, 6.07) is 8.27. The first-order chi connectivity index (χ1) is 5.24. The minimum Gasteiger partial charge on any atom is -0.115 e. The van der Waals surface area contributed by atoms with Gasteiger partial charge in [-0.15, -0.1) is 6.42 Å². The number of benzene rings is 1. The molecule has 0 amide bonds. The Morgan fingerprint density at radius 1 is 1.18 bits per heavy atom. The molecule has 0 aliphatic carbocycles. The van der Waals surface area contributed by atoms with Crippen LogP contribution in [0, 0.1) is 12.3 Å². The fourth-order valence-corrected chi connectivity index (χ4v) is 1.73. The van der Waals surface area contributed by atoms with Crippen molar-refractivity contribution in [2.45, 2.75) is 13.1 Å². The van der Waals surface area contributed by atoms with Gasteiger partial charge >= 0.3 is 0 Å². The van der Waals surface area contributed by atoms with E-state index in [1.54, 1.807) is 0 Å². The Kier molecular flexibility index (Phi) is 2.51. The SMILES string of the molecule is C#Cc1ccc([Si](C)C)cc1. The molecule has 0 heterocycles. The normalized spacial score (nSPS) is 9.64. The molecule has 0 aromatic heterocycles. The predicted molar refractivity (Wildman–Crippen MR) is 51.5 cm³/mol. The summed E-state index contributed by atoms with van der Waals surface area (Å²) >= 11 is 0. The van der Waals surface area contributed by atoms with Crippen molar-refractivity contribution in [3.8, 4) is 12.3 Å². The van der Waals surface area contributed by atoms with Crippen LogP contribution < -0.4 is 5.19 Å². The van der Waals surface area contributed by atoms with Crippen molar-refractivity contribution in [2.24, 2.45) is 0 Å². The summed E-state index contributed by atoms with van der Waals surface area (Å²) in [4.78, 5) is 0. The van der Waals surface area contributed by atoms with E-state index in [4.69, 9.17) is 6.42 Å². The summed E-state index contributed by atoms with van der Waals surface area (Å²) in [5.74, 6) is 2.60. The van der Waals surface area contributed by atoms with E-state index in [1.807, 2.05) is 12.1 Å². The van der Waals surface area contributed by atoms with Gasteiger partial charge in [-0.25, -0.2) is 0 Å². The molecule has 0 fully saturated rings. The van der Waals surface area contributed by atoms with Crippen molar-refractivity contribution in [3.05, 3.63) is 29.8 Å². The molecule has 0 aliphatic rings. The molecule has 1 aromatic carbocycles. The van der Waals surface area contributed by atoms with E-state index in [2.05, 4.69) is 31.1 Å². The summed E-state index contributed by atoms with van der Waals surface area (Å²) in [5.41, 5.74) is 0.969. The summed E-state index contributed by atoms with van der Waals surface area (Å²) in [5, 5.41) is 1.44. The predicted octanol–water partition coefficient (Wildman–Crippen LogP) is 1.63.